The molecule has 1 N–H and O–H groups in total. The first-order chi connectivity index (χ1) is 15.1. The average Bonchev–Trinajstić information content (AvgIpc) is 3.23. The molecule has 0 bridgehead atoms. The molecule has 9 heteroatoms. The smallest absolute Gasteiger partial charge is 0.305 e. The number of rotatable bonds is 6. The monoisotopic (exact) mass is 426 g/mol. The molecule has 0 atom stereocenters. The van der Waals surface area contributed by atoms with Crippen molar-refractivity contribution in [1.82, 2.24) is 9.97 Å². The highest BCUT2D eigenvalue weighted by Crippen LogP contribution is 2.36. The van der Waals surface area contributed by atoms with Crippen LogP contribution >= 0.6 is 0 Å². The van der Waals surface area contributed by atoms with Crippen LogP contribution < -0.4 is 9.80 Å². The second kappa shape index (κ2) is 9.30. The molecule has 1 amide bonds. The number of morpholine rings is 1. The van der Waals surface area contributed by atoms with E-state index in [1.165, 1.54) is 7.11 Å². The fraction of sp³-hybridized carbons (Fsp3) is 0.455. The molecule has 0 radical (unpaired) electrons. The predicted octanol–water partition coefficient (Wildman–Crippen LogP) is 1.92. The maximum absolute atomic E-state index is 12.9. The summed E-state index contributed by atoms with van der Waals surface area (Å²) >= 11 is 0. The summed E-state index contributed by atoms with van der Waals surface area (Å²) in [6.45, 7) is 3.05. The molecular weight excluding hydrogens is 400 g/mol. The third kappa shape index (κ3) is 4.61. The van der Waals surface area contributed by atoms with Gasteiger partial charge in [-0.2, -0.15) is 4.98 Å². The van der Waals surface area contributed by atoms with Crippen molar-refractivity contribution >= 4 is 23.6 Å². The average molecular weight is 426 g/mol. The van der Waals surface area contributed by atoms with Crippen molar-refractivity contribution in [2.24, 2.45) is 0 Å². The number of benzene rings is 1. The fourth-order valence-electron chi connectivity index (χ4n) is 3.90. The van der Waals surface area contributed by atoms with Gasteiger partial charge >= 0.3 is 5.97 Å². The number of aromatic hydroxyl groups is 1. The number of carbonyl (C=O) groups excluding carboxylic acids is 2. The zero-order valence-corrected chi connectivity index (χ0v) is 17.5. The first-order valence-corrected chi connectivity index (χ1v) is 10.5. The van der Waals surface area contributed by atoms with Crippen LogP contribution in [-0.4, -0.2) is 66.9 Å². The third-order valence-corrected chi connectivity index (χ3v) is 5.53. The Hall–Kier alpha value is -3.20. The number of anilines is 2. The number of fused-ring (bicyclic) bond motifs is 1. The highest BCUT2D eigenvalue weighted by Gasteiger charge is 2.31. The lowest BCUT2D eigenvalue weighted by Crippen LogP contribution is -2.38. The van der Waals surface area contributed by atoms with Gasteiger partial charge in [-0.1, -0.05) is 12.1 Å². The normalized spacial score (nSPS) is 15.6. The van der Waals surface area contributed by atoms with Crippen molar-refractivity contribution < 1.29 is 24.2 Å². The molecule has 2 aromatic rings. The number of nitrogens with zero attached hydrogens (tertiary/aromatic N) is 4. The van der Waals surface area contributed by atoms with Gasteiger partial charge in [-0.05, 0) is 25.0 Å². The number of phenolic OH excluding ortho intramolecular Hbond substituents is 1. The Kier molecular flexibility index (Phi) is 6.31. The molecule has 1 aromatic heterocycles. The first kappa shape index (κ1) is 21.0. The Morgan fingerprint density at radius 2 is 1.97 bits per heavy atom. The van der Waals surface area contributed by atoms with Crippen molar-refractivity contribution in [2.75, 3.05) is 49.8 Å². The number of carbonyl (C=O) groups is 2. The zero-order chi connectivity index (χ0) is 21.8. The van der Waals surface area contributed by atoms with Gasteiger partial charge in [0.1, 0.15) is 11.6 Å². The lowest BCUT2D eigenvalue weighted by Gasteiger charge is -2.28. The van der Waals surface area contributed by atoms with Crippen molar-refractivity contribution in [3.8, 4) is 17.0 Å². The fourth-order valence-corrected chi connectivity index (χ4v) is 3.90. The summed E-state index contributed by atoms with van der Waals surface area (Å²) in [6.07, 6.45) is 1.51. The van der Waals surface area contributed by atoms with E-state index in [1.54, 1.807) is 23.1 Å². The lowest BCUT2D eigenvalue weighted by molar-refractivity contribution is -0.140. The largest absolute Gasteiger partial charge is 0.508 e. The van der Waals surface area contributed by atoms with Gasteiger partial charge in [-0.25, -0.2) is 4.98 Å². The lowest BCUT2D eigenvalue weighted by atomic mass is 10.1. The van der Waals surface area contributed by atoms with E-state index in [4.69, 9.17) is 14.7 Å². The molecule has 2 aliphatic heterocycles. The molecule has 9 nitrogen and oxygen atoms in total. The summed E-state index contributed by atoms with van der Waals surface area (Å²) in [5.74, 6) is 0.924. The van der Waals surface area contributed by atoms with Crippen LogP contribution in [0.15, 0.2) is 24.3 Å². The van der Waals surface area contributed by atoms with Crippen LogP contribution in [0.1, 0.15) is 24.8 Å². The summed E-state index contributed by atoms with van der Waals surface area (Å²) in [7, 11) is 1.34. The van der Waals surface area contributed by atoms with Crippen LogP contribution in [0, 0.1) is 0 Å². The zero-order valence-electron chi connectivity index (χ0n) is 17.5. The number of methoxy groups -OCH3 is 1. The Balaban J connectivity index is 1.66. The van der Waals surface area contributed by atoms with Gasteiger partial charge in [0.25, 0.3) is 0 Å². The molecule has 0 saturated carbocycles. The van der Waals surface area contributed by atoms with E-state index in [9.17, 15) is 14.7 Å². The molecule has 1 fully saturated rings. The van der Waals surface area contributed by atoms with Gasteiger partial charge in [0.15, 0.2) is 0 Å². The topological polar surface area (TPSA) is 105 Å². The quantitative estimate of drug-likeness (QED) is 0.699. The highest BCUT2D eigenvalue weighted by atomic mass is 16.5. The van der Waals surface area contributed by atoms with Crippen LogP contribution in [0.25, 0.3) is 11.3 Å². The minimum Gasteiger partial charge on any atom is -0.508 e. The van der Waals surface area contributed by atoms with E-state index in [-0.39, 0.29) is 30.5 Å². The Morgan fingerprint density at radius 3 is 2.71 bits per heavy atom. The van der Waals surface area contributed by atoms with Crippen LogP contribution in [0.2, 0.25) is 0 Å². The second-order valence-corrected chi connectivity index (χ2v) is 7.55. The van der Waals surface area contributed by atoms with Crippen molar-refractivity contribution in [3.63, 3.8) is 0 Å². The first-order valence-electron chi connectivity index (χ1n) is 10.5. The van der Waals surface area contributed by atoms with E-state index in [0.29, 0.717) is 57.5 Å². The van der Waals surface area contributed by atoms with E-state index in [2.05, 4.69) is 4.74 Å². The molecule has 2 aliphatic rings. The summed E-state index contributed by atoms with van der Waals surface area (Å²) in [4.78, 5) is 37.6. The Morgan fingerprint density at radius 1 is 1.16 bits per heavy atom. The number of amides is 1. The van der Waals surface area contributed by atoms with Crippen LogP contribution in [0.4, 0.5) is 11.8 Å². The van der Waals surface area contributed by atoms with Crippen LogP contribution in [0.3, 0.4) is 0 Å². The molecule has 4 rings (SSSR count). The van der Waals surface area contributed by atoms with Gasteiger partial charge in [0, 0.05) is 43.6 Å². The van der Waals surface area contributed by atoms with E-state index >= 15 is 0 Å². The Labute approximate surface area is 180 Å². The minimum absolute atomic E-state index is 0.0730. The molecule has 1 aromatic carbocycles. The van der Waals surface area contributed by atoms with Gasteiger partial charge < -0.3 is 19.5 Å². The van der Waals surface area contributed by atoms with Crippen molar-refractivity contribution in [2.45, 2.75) is 25.7 Å². The third-order valence-electron chi connectivity index (χ3n) is 5.53. The number of ether oxygens (including phenoxy) is 2. The summed E-state index contributed by atoms with van der Waals surface area (Å²) in [6, 6.07) is 6.96. The molecule has 0 spiro atoms. The molecule has 0 unspecified atom stereocenters. The predicted molar refractivity (Wildman–Crippen MR) is 114 cm³/mol. The summed E-state index contributed by atoms with van der Waals surface area (Å²) in [5, 5.41) is 9.97. The molecule has 164 valence electrons. The second-order valence-electron chi connectivity index (χ2n) is 7.55. The van der Waals surface area contributed by atoms with E-state index in [0.717, 1.165) is 16.8 Å². The Bertz CT molecular complexity index is 974. The number of hydrogen-bond donors (Lipinski definition) is 1. The standard InChI is InChI=1S/C22H26N4O5/c1-30-19(29)7-3-6-18(28)26-9-8-17-20(15-4-2-5-16(27)14-15)23-22(24-21(17)26)25-10-12-31-13-11-25/h2,4-5,14,27H,3,6-13H2,1H3. The van der Waals surface area contributed by atoms with Crippen LogP contribution in [-0.2, 0) is 25.5 Å². The van der Waals surface area contributed by atoms with E-state index < -0.39 is 0 Å². The number of esters is 1. The van der Waals surface area contributed by atoms with Crippen molar-refractivity contribution in [1.29, 1.82) is 0 Å². The maximum Gasteiger partial charge on any atom is 0.305 e. The summed E-state index contributed by atoms with van der Waals surface area (Å²) in [5.41, 5.74) is 2.41. The number of phenols is 1. The number of hydrogen-bond acceptors (Lipinski definition) is 8. The highest BCUT2D eigenvalue weighted by molar-refractivity contribution is 5.96. The van der Waals surface area contributed by atoms with Crippen LogP contribution in [0.5, 0.6) is 5.75 Å². The molecule has 0 aliphatic carbocycles. The molecule has 3 heterocycles. The SMILES string of the molecule is COC(=O)CCCC(=O)N1CCc2c(-c3cccc(O)c3)nc(N3CCOCC3)nc21. The number of aromatic nitrogens is 2. The van der Waals surface area contributed by atoms with Crippen molar-refractivity contribution in [3.05, 3.63) is 29.8 Å². The van der Waals surface area contributed by atoms with Gasteiger partial charge in [0.05, 0.1) is 26.0 Å². The van der Waals surface area contributed by atoms with Gasteiger partial charge in [-0.15, -0.1) is 0 Å². The molecule has 31 heavy (non-hydrogen) atoms. The van der Waals surface area contributed by atoms with E-state index in [1.807, 2.05) is 11.0 Å². The molecule has 1 saturated heterocycles. The van der Waals surface area contributed by atoms with Gasteiger partial charge in [0.2, 0.25) is 11.9 Å². The summed E-state index contributed by atoms with van der Waals surface area (Å²) < 4.78 is 10.1. The molecular formula is C22H26N4O5. The maximum atomic E-state index is 12.9. The minimum atomic E-state index is -0.322. The van der Waals surface area contributed by atoms with Gasteiger partial charge in [-0.3, -0.25) is 14.5 Å².